The van der Waals surface area contributed by atoms with E-state index >= 15 is 0 Å². The van der Waals surface area contributed by atoms with Gasteiger partial charge in [-0.1, -0.05) is 134 Å². The van der Waals surface area contributed by atoms with E-state index in [1.165, 1.54) is 99.3 Å². The van der Waals surface area contributed by atoms with E-state index in [-0.39, 0.29) is 16.4 Å². The summed E-state index contributed by atoms with van der Waals surface area (Å²) in [5, 5.41) is 0. The van der Waals surface area contributed by atoms with Crippen molar-refractivity contribution in [1.82, 2.24) is 8.75 Å². The molecule has 0 aliphatic carbocycles. The lowest BCUT2D eigenvalue weighted by atomic mass is 9.77. The van der Waals surface area contributed by atoms with Gasteiger partial charge in [0, 0.05) is 20.9 Å². The third kappa shape index (κ3) is 8.88. The summed E-state index contributed by atoms with van der Waals surface area (Å²) in [4.78, 5) is 5.50. The highest BCUT2D eigenvalue weighted by Gasteiger charge is 2.44. The Morgan fingerprint density at radius 1 is 0.720 bits per heavy atom. The van der Waals surface area contributed by atoms with Crippen LogP contribution >= 0.6 is 34.4 Å². The molecule has 4 aromatic rings. The van der Waals surface area contributed by atoms with Crippen molar-refractivity contribution < 1.29 is 4.74 Å². The van der Waals surface area contributed by atoms with Crippen LogP contribution in [0.2, 0.25) is 0 Å². The second-order valence-corrected chi connectivity index (χ2v) is 20.9. The summed E-state index contributed by atoms with van der Waals surface area (Å²) in [6.45, 7) is 28.4. The molecule has 0 amide bonds. The van der Waals surface area contributed by atoms with Crippen molar-refractivity contribution >= 4 is 45.4 Å². The first kappa shape index (κ1) is 39.4. The summed E-state index contributed by atoms with van der Waals surface area (Å²) in [5.74, 6) is 4.02. The molecule has 276 valence electrons. The zero-order chi connectivity index (χ0) is 36.4. The Kier molecular flexibility index (Phi) is 12.7. The molecule has 3 nitrogen and oxygen atoms in total. The maximum Gasteiger partial charge on any atom is 0.140 e. The van der Waals surface area contributed by atoms with Gasteiger partial charge in [0.05, 0.1) is 21.5 Å². The summed E-state index contributed by atoms with van der Waals surface area (Å²) < 4.78 is 17.2. The molecule has 1 aliphatic heterocycles. The largest absolute Gasteiger partial charge is 0.481 e. The fourth-order valence-electron chi connectivity index (χ4n) is 7.58. The molecule has 0 spiro atoms. The van der Waals surface area contributed by atoms with Gasteiger partial charge in [-0.2, -0.15) is 8.75 Å². The predicted molar refractivity (Wildman–Crippen MR) is 223 cm³/mol. The molecule has 5 rings (SSSR count). The Labute approximate surface area is 317 Å². The summed E-state index contributed by atoms with van der Waals surface area (Å²) in [5.41, 5.74) is 5.82. The summed E-state index contributed by atoms with van der Waals surface area (Å²) in [7, 11) is 0. The SMILES string of the molecule is CCC(C)(C)c1cc2c(s1)-c1sc(-c3ccc(C(C)(C)C)c4nsnc34)cc1OC2(CCC(C)CCCC(C)C)CCC(C)CCCC(C)C. The van der Waals surface area contributed by atoms with E-state index in [1.807, 2.05) is 22.7 Å². The third-order valence-corrected chi connectivity index (χ3v) is 14.9. The van der Waals surface area contributed by atoms with Crippen LogP contribution in [0.15, 0.2) is 24.3 Å². The summed E-state index contributed by atoms with van der Waals surface area (Å²) >= 11 is 5.26. The second-order valence-electron chi connectivity index (χ2n) is 18.3. The molecule has 6 heteroatoms. The molecule has 0 fully saturated rings. The first-order valence-corrected chi connectivity index (χ1v) is 22.1. The maximum atomic E-state index is 7.55. The first-order valence-electron chi connectivity index (χ1n) is 19.8. The minimum atomic E-state index is -0.300. The number of rotatable bonds is 17. The van der Waals surface area contributed by atoms with Crippen LogP contribution in [0.3, 0.4) is 0 Å². The van der Waals surface area contributed by atoms with Gasteiger partial charge in [-0.25, -0.2) is 0 Å². The molecule has 1 aromatic carbocycles. The summed E-state index contributed by atoms with van der Waals surface area (Å²) in [6.07, 6.45) is 13.6. The van der Waals surface area contributed by atoms with Gasteiger partial charge in [-0.3, -0.25) is 0 Å². The fourth-order valence-corrected chi connectivity index (χ4v) is 10.8. The Bertz CT molecular complexity index is 1670. The lowest BCUT2D eigenvalue weighted by molar-refractivity contribution is 0.0323. The van der Waals surface area contributed by atoms with E-state index in [0.717, 1.165) is 47.9 Å². The van der Waals surface area contributed by atoms with Crippen LogP contribution in [0.4, 0.5) is 0 Å². The number of hydrogen-bond donors (Lipinski definition) is 0. The molecule has 2 unspecified atom stereocenters. The number of nitrogens with zero attached hydrogens (tertiary/aromatic N) is 2. The molecule has 2 atom stereocenters. The molecular weight excluding hydrogens is 669 g/mol. The quantitative estimate of drug-likeness (QED) is 0.108. The van der Waals surface area contributed by atoms with Crippen LogP contribution in [0, 0.1) is 23.7 Å². The molecule has 3 aromatic heterocycles. The van der Waals surface area contributed by atoms with Crippen molar-refractivity contribution in [3.63, 3.8) is 0 Å². The predicted octanol–water partition coefficient (Wildman–Crippen LogP) is 15.2. The van der Waals surface area contributed by atoms with Gasteiger partial charge in [-0.05, 0) is 84.3 Å². The molecule has 1 aliphatic rings. The highest BCUT2D eigenvalue weighted by atomic mass is 32.1. The number of thiophene rings is 2. The van der Waals surface area contributed by atoms with Gasteiger partial charge < -0.3 is 4.74 Å². The molecular formula is C44H66N2OS3. The van der Waals surface area contributed by atoms with Gasteiger partial charge >= 0.3 is 0 Å². The summed E-state index contributed by atoms with van der Waals surface area (Å²) in [6, 6.07) is 9.50. The molecule has 0 saturated heterocycles. The zero-order valence-corrected chi connectivity index (χ0v) is 35.9. The zero-order valence-electron chi connectivity index (χ0n) is 33.4. The standard InChI is InChI=1S/C44H66N2OS3/c1-13-43(11,12)37-26-34-40(49-37)41-35(27-36(48-41)32-20-21-33(42(8,9)10)39-38(32)45-50-46-39)47-44(34,24-22-30(6)18-14-16-28(2)3)25-23-31(7)19-15-17-29(4)5/h20-21,26-31H,13-19,22-25H2,1-12H3. The monoisotopic (exact) mass is 734 g/mol. The first-order chi connectivity index (χ1) is 23.5. The molecule has 0 N–H and O–H groups in total. The molecule has 50 heavy (non-hydrogen) atoms. The van der Waals surface area contributed by atoms with E-state index < -0.39 is 0 Å². The Morgan fingerprint density at radius 3 is 1.88 bits per heavy atom. The van der Waals surface area contributed by atoms with Crippen LogP contribution in [0.1, 0.15) is 170 Å². The minimum Gasteiger partial charge on any atom is -0.481 e. The molecule has 0 bridgehead atoms. The van der Waals surface area contributed by atoms with Gasteiger partial charge in [0.25, 0.3) is 0 Å². The average molecular weight is 735 g/mol. The maximum absolute atomic E-state index is 7.55. The minimum absolute atomic E-state index is 0.0101. The van der Waals surface area contributed by atoms with Gasteiger partial charge in [0.15, 0.2) is 0 Å². The van der Waals surface area contributed by atoms with Crippen LogP contribution in [0.5, 0.6) is 5.75 Å². The molecule has 0 radical (unpaired) electrons. The Hall–Kier alpha value is -1.76. The van der Waals surface area contributed by atoms with E-state index in [2.05, 4.69) is 107 Å². The fraction of sp³-hybridized carbons (Fsp3) is 0.682. The highest BCUT2D eigenvalue weighted by molar-refractivity contribution is 7.24. The van der Waals surface area contributed by atoms with Gasteiger partial charge in [0.1, 0.15) is 22.4 Å². The number of benzene rings is 1. The van der Waals surface area contributed by atoms with E-state index in [1.54, 1.807) is 0 Å². The van der Waals surface area contributed by atoms with Crippen LogP contribution < -0.4 is 4.74 Å². The normalized spacial score (nSPS) is 17.7. The lowest BCUT2D eigenvalue weighted by Gasteiger charge is -2.39. The number of aromatic nitrogens is 2. The lowest BCUT2D eigenvalue weighted by Crippen LogP contribution is -2.36. The smallest absolute Gasteiger partial charge is 0.140 e. The number of ether oxygens (including phenoxy) is 1. The number of fused-ring (bicyclic) bond motifs is 4. The van der Waals surface area contributed by atoms with Crippen LogP contribution in [-0.4, -0.2) is 8.75 Å². The van der Waals surface area contributed by atoms with Crippen molar-refractivity contribution in [3.05, 3.63) is 40.3 Å². The van der Waals surface area contributed by atoms with E-state index in [4.69, 9.17) is 13.5 Å². The Morgan fingerprint density at radius 2 is 1.32 bits per heavy atom. The van der Waals surface area contributed by atoms with E-state index in [0.29, 0.717) is 11.8 Å². The van der Waals surface area contributed by atoms with Crippen LogP contribution in [-0.2, 0) is 16.4 Å². The second kappa shape index (κ2) is 16.1. The average Bonchev–Trinajstić information content (AvgIpc) is 3.80. The van der Waals surface area contributed by atoms with Crippen LogP contribution in [0.25, 0.3) is 31.2 Å². The van der Waals surface area contributed by atoms with E-state index in [9.17, 15) is 0 Å². The topological polar surface area (TPSA) is 35.0 Å². The number of hydrogen-bond acceptors (Lipinski definition) is 6. The van der Waals surface area contributed by atoms with Crippen molar-refractivity contribution in [2.75, 3.05) is 0 Å². The van der Waals surface area contributed by atoms with Crippen molar-refractivity contribution in [2.24, 2.45) is 23.7 Å². The van der Waals surface area contributed by atoms with Gasteiger partial charge in [0.2, 0.25) is 0 Å². The third-order valence-electron chi connectivity index (χ3n) is 11.5. The van der Waals surface area contributed by atoms with Crippen molar-refractivity contribution in [2.45, 2.75) is 170 Å². The molecule has 4 heterocycles. The molecule has 0 saturated carbocycles. The highest BCUT2D eigenvalue weighted by Crippen LogP contribution is 2.58. The van der Waals surface area contributed by atoms with Gasteiger partial charge in [-0.15, -0.1) is 22.7 Å². The van der Waals surface area contributed by atoms with Crippen molar-refractivity contribution in [1.29, 1.82) is 0 Å². The van der Waals surface area contributed by atoms with Crippen molar-refractivity contribution in [3.8, 4) is 25.9 Å². The Balaban J connectivity index is 1.57.